The van der Waals surface area contributed by atoms with Gasteiger partial charge in [0, 0.05) is 19.1 Å². The highest BCUT2D eigenvalue weighted by Crippen LogP contribution is 2.23. The lowest BCUT2D eigenvalue weighted by atomic mass is 10.1. The topological polar surface area (TPSA) is 53.6 Å². The van der Waals surface area contributed by atoms with Crippen LogP contribution in [0.2, 0.25) is 0 Å². The van der Waals surface area contributed by atoms with Crippen molar-refractivity contribution in [3.05, 3.63) is 24.3 Å². The molecule has 2 rings (SSSR count). The molecule has 0 aliphatic carbocycles. The fourth-order valence-corrected chi connectivity index (χ4v) is 2.44. The van der Waals surface area contributed by atoms with Gasteiger partial charge in [-0.1, -0.05) is 19.1 Å². The molecular formula is C16H25N3O2. The maximum atomic E-state index is 12.3. The Morgan fingerprint density at radius 1 is 1.38 bits per heavy atom. The van der Waals surface area contributed by atoms with E-state index >= 15 is 0 Å². The molecule has 0 aromatic heterocycles. The van der Waals surface area contributed by atoms with E-state index in [0.29, 0.717) is 19.2 Å². The van der Waals surface area contributed by atoms with Crippen LogP contribution in [0.4, 0.5) is 5.69 Å². The fraction of sp³-hybridized carbons (Fsp3) is 0.562. The average Bonchev–Trinajstić information content (AvgIpc) is 2.39. The van der Waals surface area contributed by atoms with Gasteiger partial charge in [0.2, 0.25) is 5.91 Å². The van der Waals surface area contributed by atoms with Crippen LogP contribution in [-0.4, -0.2) is 49.6 Å². The van der Waals surface area contributed by atoms with Gasteiger partial charge < -0.3 is 15.4 Å². The van der Waals surface area contributed by atoms with E-state index in [0.717, 1.165) is 37.5 Å². The van der Waals surface area contributed by atoms with Gasteiger partial charge in [0.05, 0.1) is 18.8 Å². The molecule has 5 nitrogen and oxygen atoms in total. The molecule has 2 N–H and O–H groups in total. The molecule has 1 saturated heterocycles. The third-order valence-electron chi connectivity index (χ3n) is 3.59. The number of anilines is 1. The average molecular weight is 291 g/mol. The molecule has 1 amide bonds. The Kier molecular flexibility index (Phi) is 6.02. The Labute approximate surface area is 126 Å². The monoisotopic (exact) mass is 291 g/mol. The van der Waals surface area contributed by atoms with Gasteiger partial charge in [-0.15, -0.1) is 0 Å². The van der Waals surface area contributed by atoms with E-state index in [-0.39, 0.29) is 5.91 Å². The van der Waals surface area contributed by atoms with Crippen molar-refractivity contribution in [1.29, 1.82) is 0 Å². The predicted octanol–water partition coefficient (Wildman–Crippen LogP) is 1.71. The van der Waals surface area contributed by atoms with Crippen LogP contribution < -0.4 is 15.4 Å². The van der Waals surface area contributed by atoms with Crippen LogP contribution >= 0.6 is 0 Å². The summed E-state index contributed by atoms with van der Waals surface area (Å²) in [5.74, 6) is 0.739. The SMILES string of the molecule is CCCN(CC(=O)Nc1ccccc1OCC)C1CNC1. The van der Waals surface area contributed by atoms with Crippen molar-refractivity contribution in [2.24, 2.45) is 0 Å². The Hall–Kier alpha value is -1.59. The number of hydrogen-bond acceptors (Lipinski definition) is 4. The molecule has 21 heavy (non-hydrogen) atoms. The number of rotatable bonds is 8. The van der Waals surface area contributed by atoms with Gasteiger partial charge in [0.1, 0.15) is 5.75 Å². The number of carbonyl (C=O) groups is 1. The number of amides is 1. The van der Waals surface area contributed by atoms with Crippen molar-refractivity contribution in [2.45, 2.75) is 26.3 Å². The molecule has 0 atom stereocenters. The first-order chi connectivity index (χ1) is 10.2. The zero-order chi connectivity index (χ0) is 15.1. The summed E-state index contributed by atoms with van der Waals surface area (Å²) in [7, 11) is 0. The standard InChI is InChI=1S/C16H25N3O2/c1-3-9-19(13-10-17-11-13)12-16(20)18-14-7-5-6-8-15(14)21-4-2/h5-8,13,17H,3-4,9-12H2,1-2H3,(H,18,20). The van der Waals surface area contributed by atoms with Crippen molar-refractivity contribution < 1.29 is 9.53 Å². The molecule has 0 bridgehead atoms. The molecule has 0 radical (unpaired) electrons. The molecule has 1 aliphatic rings. The van der Waals surface area contributed by atoms with Gasteiger partial charge in [-0.3, -0.25) is 9.69 Å². The predicted molar refractivity (Wildman–Crippen MR) is 84.8 cm³/mol. The van der Waals surface area contributed by atoms with E-state index in [1.54, 1.807) is 0 Å². The maximum absolute atomic E-state index is 12.3. The highest BCUT2D eigenvalue weighted by molar-refractivity contribution is 5.93. The molecule has 1 aliphatic heterocycles. The minimum atomic E-state index is 0.0162. The summed E-state index contributed by atoms with van der Waals surface area (Å²) in [4.78, 5) is 14.5. The largest absolute Gasteiger partial charge is 0.492 e. The number of ether oxygens (including phenoxy) is 1. The fourth-order valence-electron chi connectivity index (χ4n) is 2.44. The molecule has 116 valence electrons. The summed E-state index contributed by atoms with van der Waals surface area (Å²) < 4.78 is 5.53. The van der Waals surface area contributed by atoms with Crippen molar-refractivity contribution in [3.8, 4) is 5.75 Å². The van der Waals surface area contributed by atoms with E-state index in [9.17, 15) is 4.79 Å². The summed E-state index contributed by atoms with van der Waals surface area (Å²) in [5, 5.41) is 6.22. The molecule has 5 heteroatoms. The summed E-state index contributed by atoms with van der Waals surface area (Å²) in [6, 6.07) is 8.04. The number of carbonyl (C=O) groups excluding carboxylic acids is 1. The number of nitrogens with zero attached hydrogens (tertiary/aromatic N) is 1. The highest BCUT2D eigenvalue weighted by Gasteiger charge is 2.25. The molecule has 1 heterocycles. The molecule has 1 aromatic rings. The second-order valence-corrected chi connectivity index (χ2v) is 5.26. The molecule has 1 fully saturated rings. The summed E-state index contributed by atoms with van der Waals surface area (Å²) in [5.41, 5.74) is 0.743. The van der Waals surface area contributed by atoms with E-state index < -0.39 is 0 Å². The molecule has 0 saturated carbocycles. The van der Waals surface area contributed by atoms with Crippen molar-refractivity contribution in [1.82, 2.24) is 10.2 Å². The van der Waals surface area contributed by atoms with Crippen LogP contribution in [-0.2, 0) is 4.79 Å². The second kappa shape index (κ2) is 8.00. The third kappa shape index (κ3) is 4.44. The van der Waals surface area contributed by atoms with Crippen molar-refractivity contribution >= 4 is 11.6 Å². The van der Waals surface area contributed by atoms with E-state index in [1.807, 2.05) is 31.2 Å². The van der Waals surface area contributed by atoms with Crippen LogP contribution in [0, 0.1) is 0 Å². The quantitative estimate of drug-likeness (QED) is 0.765. The normalized spacial score (nSPS) is 14.8. The Morgan fingerprint density at radius 3 is 2.76 bits per heavy atom. The minimum Gasteiger partial charge on any atom is -0.492 e. The highest BCUT2D eigenvalue weighted by atomic mass is 16.5. The Balaban J connectivity index is 1.93. The smallest absolute Gasteiger partial charge is 0.238 e. The van der Waals surface area contributed by atoms with E-state index in [2.05, 4.69) is 22.5 Å². The second-order valence-electron chi connectivity index (χ2n) is 5.26. The van der Waals surface area contributed by atoms with E-state index in [4.69, 9.17) is 4.74 Å². The lowest BCUT2D eigenvalue weighted by Gasteiger charge is -2.37. The summed E-state index contributed by atoms with van der Waals surface area (Å²) >= 11 is 0. The van der Waals surface area contributed by atoms with Crippen LogP contribution in [0.1, 0.15) is 20.3 Å². The van der Waals surface area contributed by atoms with Crippen molar-refractivity contribution in [3.63, 3.8) is 0 Å². The van der Waals surface area contributed by atoms with Gasteiger partial charge in [-0.25, -0.2) is 0 Å². The first-order valence-corrected chi connectivity index (χ1v) is 7.71. The summed E-state index contributed by atoms with van der Waals surface area (Å²) in [6.07, 6.45) is 1.05. The van der Waals surface area contributed by atoms with E-state index in [1.165, 1.54) is 0 Å². The number of hydrogen-bond donors (Lipinski definition) is 2. The Bertz CT molecular complexity index is 461. The first-order valence-electron chi connectivity index (χ1n) is 7.71. The first kappa shape index (κ1) is 15.8. The minimum absolute atomic E-state index is 0.0162. The maximum Gasteiger partial charge on any atom is 0.238 e. The number of nitrogens with one attached hydrogen (secondary N) is 2. The summed E-state index contributed by atoms with van der Waals surface area (Å²) in [6.45, 7) is 7.99. The molecule has 1 aromatic carbocycles. The van der Waals surface area contributed by atoms with Gasteiger partial charge >= 0.3 is 0 Å². The van der Waals surface area contributed by atoms with Gasteiger partial charge in [0.25, 0.3) is 0 Å². The number of benzene rings is 1. The molecular weight excluding hydrogens is 266 g/mol. The van der Waals surface area contributed by atoms with Crippen LogP contribution in [0.25, 0.3) is 0 Å². The molecule has 0 unspecified atom stereocenters. The van der Waals surface area contributed by atoms with Crippen LogP contribution in [0.3, 0.4) is 0 Å². The van der Waals surface area contributed by atoms with Crippen molar-refractivity contribution in [2.75, 3.05) is 38.1 Å². The van der Waals surface area contributed by atoms with Crippen LogP contribution in [0.5, 0.6) is 5.75 Å². The Morgan fingerprint density at radius 2 is 2.14 bits per heavy atom. The molecule has 0 spiro atoms. The van der Waals surface area contributed by atoms with Gasteiger partial charge in [0.15, 0.2) is 0 Å². The zero-order valence-electron chi connectivity index (χ0n) is 12.9. The van der Waals surface area contributed by atoms with Gasteiger partial charge in [-0.2, -0.15) is 0 Å². The van der Waals surface area contributed by atoms with Crippen LogP contribution in [0.15, 0.2) is 24.3 Å². The lowest BCUT2D eigenvalue weighted by molar-refractivity contribution is -0.118. The van der Waals surface area contributed by atoms with Gasteiger partial charge in [-0.05, 0) is 32.0 Å². The third-order valence-corrected chi connectivity index (χ3v) is 3.59. The lowest BCUT2D eigenvalue weighted by Crippen LogP contribution is -2.58. The number of para-hydroxylation sites is 2. The zero-order valence-corrected chi connectivity index (χ0v) is 12.9.